The van der Waals surface area contributed by atoms with E-state index in [0.717, 1.165) is 12.8 Å². The van der Waals surface area contributed by atoms with Crippen LogP contribution in [-0.4, -0.2) is 33.8 Å². The molecule has 10 heteroatoms. The summed E-state index contributed by atoms with van der Waals surface area (Å²) in [5, 5.41) is 21.5. The van der Waals surface area contributed by atoms with Gasteiger partial charge < -0.3 is 15.2 Å². The summed E-state index contributed by atoms with van der Waals surface area (Å²) in [6.07, 6.45) is -1.33. The third-order valence-electron chi connectivity index (χ3n) is 4.94. The zero-order chi connectivity index (χ0) is 23.6. The van der Waals surface area contributed by atoms with Crippen molar-refractivity contribution in [2.24, 2.45) is 0 Å². The van der Waals surface area contributed by atoms with Gasteiger partial charge in [-0.2, -0.15) is 18.4 Å². The van der Waals surface area contributed by atoms with Gasteiger partial charge in [-0.25, -0.2) is 14.8 Å². The van der Waals surface area contributed by atoms with Crippen LogP contribution in [0.5, 0.6) is 5.75 Å². The minimum atomic E-state index is -4.60. The lowest BCUT2D eigenvalue weighted by Crippen LogP contribution is -2.20. The van der Waals surface area contributed by atoms with Crippen LogP contribution in [0.2, 0.25) is 0 Å². The van der Waals surface area contributed by atoms with Crippen molar-refractivity contribution in [3.63, 3.8) is 0 Å². The van der Waals surface area contributed by atoms with E-state index in [1.807, 2.05) is 6.07 Å². The topological polar surface area (TPSA) is 108 Å². The second-order valence-electron chi connectivity index (χ2n) is 7.48. The number of halogens is 3. The second-order valence-corrected chi connectivity index (χ2v) is 7.48. The molecule has 0 spiro atoms. The van der Waals surface area contributed by atoms with Crippen LogP contribution in [0.3, 0.4) is 0 Å². The predicted octanol–water partition coefficient (Wildman–Crippen LogP) is 5.28. The third kappa shape index (κ3) is 5.20. The Kier molecular flexibility index (Phi) is 5.87. The Bertz CT molecular complexity index is 1250. The summed E-state index contributed by atoms with van der Waals surface area (Å²) in [5.74, 6) is -1.42. The van der Waals surface area contributed by atoms with Crippen LogP contribution in [0.4, 0.5) is 24.7 Å². The summed E-state index contributed by atoms with van der Waals surface area (Å²) in [6, 6.07) is 12.9. The molecule has 33 heavy (non-hydrogen) atoms. The van der Waals surface area contributed by atoms with Gasteiger partial charge in [0.15, 0.2) is 23.9 Å². The number of aromatic nitrogens is 2. The monoisotopic (exact) mass is 454 g/mol. The Morgan fingerprint density at radius 3 is 2.67 bits per heavy atom. The highest BCUT2D eigenvalue weighted by Crippen LogP contribution is 2.41. The number of hydrogen-bond acceptors (Lipinski definition) is 6. The smallest absolute Gasteiger partial charge is 0.422 e. The number of carboxylic acid groups (broad SMARTS) is 1. The molecule has 0 atom stereocenters. The van der Waals surface area contributed by atoms with E-state index in [1.165, 1.54) is 18.3 Å². The number of nitrogens with zero attached hydrogens (tertiary/aromatic N) is 3. The lowest BCUT2D eigenvalue weighted by Gasteiger charge is -2.18. The van der Waals surface area contributed by atoms with Crippen LogP contribution < -0.4 is 10.1 Å². The highest BCUT2D eigenvalue weighted by atomic mass is 19.4. The molecule has 1 aromatic heterocycles. The van der Waals surface area contributed by atoms with E-state index in [9.17, 15) is 28.3 Å². The average molecular weight is 454 g/mol. The normalized spacial score (nSPS) is 13.3. The van der Waals surface area contributed by atoms with Gasteiger partial charge in [0.25, 0.3) is 0 Å². The first-order chi connectivity index (χ1) is 15.7. The first-order valence-corrected chi connectivity index (χ1v) is 9.95. The number of rotatable bonds is 7. The maximum atomic E-state index is 13.0. The van der Waals surface area contributed by atoms with Crippen molar-refractivity contribution in [2.75, 3.05) is 11.9 Å². The SMILES string of the molecule is N#Cc1cccc(-c2cccc(Nc3ncc(C4CC4)nc3C(=O)O)c2OCC(F)(F)F)c1. The Hall–Kier alpha value is -4.13. The standard InChI is InChI=1S/C23H17F3N4O3/c24-23(25,26)12-33-20-16(15-4-1-3-13(9-15)10-27)5-2-6-17(20)30-21-19(22(31)32)29-18(11-28-21)14-7-8-14/h1-6,9,11,14H,7-8,12H2,(H,28,30)(H,31,32). The van der Waals surface area contributed by atoms with Crippen LogP contribution in [0.15, 0.2) is 48.7 Å². The number of hydrogen-bond donors (Lipinski definition) is 2. The lowest BCUT2D eigenvalue weighted by molar-refractivity contribution is -0.153. The number of carboxylic acids is 1. The molecule has 168 valence electrons. The molecule has 0 bridgehead atoms. The van der Waals surface area contributed by atoms with Gasteiger partial charge in [0, 0.05) is 11.5 Å². The van der Waals surface area contributed by atoms with E-state index in [0.29, 0.717) is 22.4 Å². The molecule has 1 aliphatic rings. The third-order valence-corrected chi connectivity index (χ3v) is 4.94. The largest absolute Gasteiger partial charge is 0.481 e. The van der Waals surface area contributed by atoms with Crippen molar-refractivity contribution in [3.8, 4) is 22.9 Å². The molecule has 1 aliphatic carbocycles. The van der Waals surface area contributed by atoms with Gasteiger partial charge in [-0.05, 0) is 36.6 Å². The number of ether oxygens (including phenoxy) is 1. The summed E-state index contributed by atoms with van der Waals surface area (Å²) in [4.78, 5) is 20.1. The van der Waals surface area contributed by atoms with Gasteiger partial charge in [0.05, 0.1) is 29.2 Å². The van der Waals surface area contributed by atoms with E-state index in [-0.39, 0.29) is 28.9 Å². The van der Waals surface area contributed by atoms with Crippen molar-refractivity contribution in [1.82, 2.24) is 9.97 Å². The minimum absolute atomic E-state index is 0.0788. The molecule has 0 unspecified atom stereocenters. The zero-order valence-corrected chi connectivity index (χ0v) is 17.1. The molecule has 7 nitrogen and oxygen atoms in total. The number of carbonyl (C=O) groups is 1. The van der Waals surface area contributed by atoms with Gasteiger partial charge in [0.1, 0.15) is 0 Å². The summed E-state index contributed by atoms with van der Waals surface area (Å²) in [5.41, 5.74) is 1.38. The number of anilines is 2. The Balaban J connectivity index is 1.78. The molecule has 1 heterocycles. The molecular weight excluding hydrogens is 437 g/mol. The molecule has 2 aromatic carbocycles. The van der Waals surface area contributed by atoms with Gasteiger partial charge >= 0.3 is 12.1 Å². The number of nitriles is 1. The van der Waals surface area contributed by atoms with Crippen molar-refractivity contribution in [3.05, 3.63) is 65.6 Å². The van der Waals surface area contributed by atoms with Gasteiger partial charge in [-0.3, -0.25) is 0 Å². The van der Waals surface area contributed by atoms with E-state index < -0.39 is 18.8 Å². The average Bonchev–Trinajstić information content (AvgIpc) is 3.63. The highest BCUT2D eigenvalue weighted by Gasteiger charge is 2.30. The highest BCUT2D eigenvalue weighted by molar-refractivity contribution is 5.92. The number of para-hydroxylation sites is 1. The molecule has 0 saturated heterocycles. The lowest BCUT2D eigenvalue weighted by atomic mass is 10.0. The fourth-order valence-corrected chi connectivity index (χ4v) is 3.28. The maximum absolute atomic E-state index is 13.0. The van der Waals surface area contributed by atoms with E-state index in [4.69, 9.17) is 4.74 Å². The van der Waals surface area contributed by atoms with Crippen LogP contribution >= 0.6 is 0 Å². The Morgan fingerprint density at radius 1 is 1.24 bits per heavy atom. The first kappa shape index (κ1) is 22.1. The summed E-state index contributed by atoms with van der Waals surface area (Å²) in [6.45, 7) is -1.56. The summed E-state index contributed by atoms with van der Waals surface area (Å²) in [7, 11) is 0. The van der Waals surface area contributed by atoms with E-state index >= 15 is 0 Å². The zero-order valence-electron chi connectivity index (χ0n) is 17.1. The molecule has 3 aromatic rings. The molecule has 4 rings (SSSR count). The molecule has 0 aliphatic heterocycles. The van der Waals surface area contributed by atoms with Crippen molar-refractivity contribution in [2.45, 2.75) is 24.9 Å². The van der Waals surface area contributed by atoms with Gasteiger partial charge in [0.2, 0.25) is 0 Å². The molecular formula is C23H17F3N4O3. The molecule has 0 amide bonds. The van der Waals surface area contributed by atoms with E-state index in [2.05, 4.69) is 15.3 Å². The van der Waals surface area contributed by atoms with E-state index in [1.54, 1.807) is 30.3 Å². The van der Waals surface area contributed by atoms with Gasteiger partial charge in [-0.15, -0.1) is 0 Å². The van der Waals surface area contributed by atoms with Crippen molar-refractivity contribution < 1.29 is 27.8 Å². The summed E-state index contributed by atoms with van der Waals surface area (Å²) < 4.78 is 44.0. The van der Waals surface area contributed by atoms with Crippen molar-refractivity contribution in [1.29, 1.82) is 5.26 Å². The van der Waals surface area contributed by atoms with Crippen LogP contribution in [0.25, 0.3) is 11.1 Å². The molecule has 1 saturated carbocycles. The first-order valence-electron chi connectivity index (χ1n) is 9.95. The number of aromatic carboxylic acids is 1. The Labute approximate surface area is 186 Å². The maximum Gasteiger partial charge on any atom is 0.422 e. The molecule has 1 fully saturated rings. The van der Waals surface area contributed by atoms with Crippen molar-refractivity contribution >= 4 is 17.5 Å². The number of nitrogens with one attached hydrogen (secondary N) is 1. The van der Waals surface area contributed by atoms with Crippen LogP contribution in [-0.2, 0) is 0 Å². The quantitative estimate of drug-likeness (QED) is 0.500. The minimum Gasteiger partial charge on any atom is -0.481 e. The van der Waals surface area contributed by atoms with Gasteiger partial charge in [-0.1, -0.05) is 24.3 Å². The number of benzene rings is 2. The molecule has 0 radical (unpaired) electrons. The molecule has 2 N–H and O–H groups in total. The predicted molar refractivity (Wildman–Crippen MR) is 112 cm³/mol. The summed E-state index contributed by atoms with van der Waals surface area (Å²) >= 11 is 0. The second kappa shape index (κ2) is 8.78. The fraction of sp³-hybridized carbons (Fsp3) is 0.217. The van der Waals surface area contributed by atoms with Crippen LogP contribution in [0, 0.1) is 11.3 Å². The fourth-order valence-electron chi connectivity index (χ4n) is 3.28. The Morgan fingerprint density at radius 2 is 2.00 bits per heavy atom. The van der Waals surface area contributed by atoms with Crippen LogP contribution in [0.1, 0.15) is 40.5 Å². The number of alkyl halides is 3.